The number of carboxylic acids is 1. The van der Waals surface area contributed by atoms with Gasteiger partial charge in [-0.2, -0.15) is 0 Å². The average Bonchev–Trinajstić information content (AvgIpc) is 2.09. The molecule has 0 rings (SSSR count). The lowest BCUT2D eigenvalue weighted by Crippen LogP contribution is -2.45. The molecule has 0 radical (unpaired) electrons. The number of nitrogens with zero attached hydrogens (tertiary/aromatic N) is 1. The molecule has 92 valence electrons. The van der Waals surface area contributed by atoms with E-state index in [1.165, 1.54) is 13.0 Å². The summed E-state index contributed by atoms with van der Waals surface area (Å²) in [5.74, 6) is -1.08. The number of carbonyl (C=O) groups excluding carboxylic acids is 1. The van der Waals surface area contributed by atoms with Crippen molar-refractivity contribution in [2.45, 2.75) is 39.3 Å². The maximum absolute atomic E-state index is 11.7. The van der Waals surface area contributed by atoms with Gasteiger partial charge in [0.1, 0.15) is 11.6 Å². The third-order valence-electron chi connectivity index (χ3n) is 1.78. The summed E-state index contributed by atoms with van der Waals surface area (Å²) in [5.41, 5.74) is -0.644. The van der Waals surface area contributed by atoms with E-state index in [1.807, 2.05) is 0 Å². The van der Waals surface area contributed by atoms with E-state index < -0.39 is 23.7 Å². The number of ether oxygens (including phenoxy) is 1. The van der Waals surface area contributed by atoms with Crippen molar-refractivity contribution in [3.8, 4) is 0 Å². The van der Waals surface area contributed by atoms with E-state index in [0.717, 1.165) is 4.90 Å². The quantitative estimate of drug-likeness (QED) is 0.747. The second-order valence-corrected chi connectivity index (χ2v) is 4.44. The molecule has 0 aromatic heterocycles. The van der Waals surface area contributed by atoms with Crippen LogP contribution in [-0.2, 0) is 9.53 Å². The van der Waals surface area contributed by atoms with Gasteiger partial charge in [0.2, 0.25) is 0 Å². The molecule has 0 bridgehead atoms. The summed E-state index contributed by atoms with van der Waals surface area (Å²) >= 11 is 0. The van der Waals surface area contributed by atoms with Crippen LogP contribution in [0, 0.1) is 0 Å². The molecule has 0 aliphatic heterocycles. The van der Waals surface area contributed by atoms with Crippen LogP contribution in [0.5, 0.6) is 0 Å². The SMILES string of the molecule is C=CCN(C(=O)OC(C)(C)C)[C@H](C)C(=O)O. The first-order chi connectivity index (χ1) is 7.19. The molecule has 0 aliphatic carbocycles. The molecule has 1 amide bonds. The topological polar surface area (TPSA) is 66.8 Å². The van der Waals surface area contributed by atoms with Crippen LogP contribution in [-0.4, -0.2) is 40.3 Å². The molecule has 0 aromatic carbocycles. The molecule has 1 N–H and O–H groups in total. The van der Waals surface area contributed by atoms with Crippen LogP contribution in [0.2, 0.25) is 0 Å². The lowest BCUT2D eigenvalue weighted by Gasteiger charge is -2.28. The van der Waals surface area contributed by atoms with Gasteiger partial charge >= 0.3 is 12.1 Å². The molecule has 0 saturated heterocycles. The summed E-state index contributed by atoms with van der Waals surface area (Å²) in [5, 5.41) is 8.84. The fraction of sp³-hybridized carbons (Fsp3) is 0.636. The zero-order valence-corrected chi connectivity index (χ0v) is 10.2. The molecular weight excluding hydrogens is 210 g/mol. The van der Waals surface area contributed by atoms with E-state index in [2.05, 4.69) is 6.58 Å². The molecule has 16 heavy (non-hydrogen) atoms. The summed E-state index contributed by atoms with van der Waals surface area (Å²) in [6, 6.07) is -0.937. The molecule has 0 heterocycles. The number of carboxylic acid groups (broad SMARTS) is 1. The highest BCUT2D eigenvalue weighted by Gasteiger charge is 2.28. The van der Waals surface area contributed by atoms with Crippen molar-refractivity contribution >= 4 is 12.1 Å². The highest BCUT2D eigenvalue weighted by atomic mass is 16.6. The van der Waals surface area contributed by atoms with Gasteiger partial charge in [-0.3, -0.25) is 4.90 Å². The Balaban J connectivity index is 4.71. The van der Waals surface area contributed by atoms with E-state index in [1.54, 1.807) is 20.8 Å². The minimum Gasteiger partial charge on any atom is -0.480 e. The van der Waals surface area contributed by atoms with E-state index in [-0.39, 0.29) is 6.54 Å². The maximum Gasteiger partial charge on any atom is 0.411 e. The third-order valence-corrected chi connectivity index (χ3v) is 1.78. The lowest BCUT2D eigenvalue weighted by atomic mass is 10.2. The Morgan fingerprint density at radius 3 is 2.31 bits per heavy atom. The summed E-state index contributed by atoms with van der Waals surface area (Å²) in [6.07, 6.45) is 0.811. The summed E-state index contributed by atoms with van der Waals surface area (Å²) in [7, 11) is 0. The molecule has 5 nitrogen and oxygen atoms in total. The Hall–Kier alpha value is -1.52. The second kappa shape index (κ2) is 5.53. The Kier molecular flexibility index (Phi) is 5.01. The molecule has 0 saturated carbocycles. The summed E-state index contributed by atoms with van der Waals surface area (Å²) < 4.78 is 5.10. The largest absolute Gasteiger partial charge is 0.480 e. The van der Waals surface area contributed by atoms with Crippen LogP contribution in [0.1, 0.15) is 27.7 Å². The monoisotopic (exact) mass is 229 g/mol. The van der Waals surface area contributed by atoms with Gasteiger partial charge in [-0.15, -0.1) is 6.58 Å². The standard InChI is InChI=1S/C11H19NO4/c1-6-7-12(8(2)9(13)14)10(15)16-11(3,4)5/h6,8H,1,7H2,2-5H3,(H,13,14)/t8-/m1/s1. The van der Waals surface area contributed by atoms with Crippen molar-refractivity contribution in [2.75, 3.05) is 6.54 Å². The third kappa shape index (κ3) is 4.82. The van der Waals surface area contributed by atoms with Crippen molar-refractivity contribution in [2.24, 2.45) is 0 Å². The zero-order chi connectivity index (χ0) is 12.9. The number of hydrogen-bond acceptors (Lipinski definition) is 3. The average molecular weight is 229 g/mol. The molecule has 0 fully saturated rings. The minimum atomic E-state index is -1.08. The van der Waals surface area contributed by atoms with Gasteiger partial charge in [-0.25, -0.2) is 9.59 Å². The van der Waals surface area contributed by atoms with E-state index in [9.17, 15) is 9.59 Å². The van der Waals surface area contributed by atoms with Crippen LogP contribution >= 0.6 is 0 Å². The summed E-state index contributed by atoms with van der Waals surface area (Å²) in [6.45, 7) is 10.2. The zero-order valence-electron chi connectivity index (χ0n) is 10.2. The smallest absolute Gasteiger partial charge is 0.411 e. The van der Waals surface area contributed by atoms with Crippen molar-refractivity contribution in [1.29, 1.82) is 0 Å². The predicted molar refractivity (Wildman–Crippen MR) is 60.2 cm³/mol. The lowest BCUT2D eigenvalue weighted by molar-refractivity contribution is -0.142. The minimum absolute atomic E-state index is 0.141. The number of carbonyl (C=O) groups is 2. The van der Waals surface area contributed by atoms with Crippen molar-refractivity contribution in [3.63, 3.8) is 0 Å². The molecule has 0 spiro atoms. The van der Waals surface area contributed by atoms with Gasteiger partial charge in [0.15, 0.2) is 0 Å². The number of rotatable bonds is 4. The Morgan fingerprint density at radius 2 is 2.00 bits per heavy atom. The van der Waals surface area contributed by atoms with Gasteiger partial charge in [0.25, 0.3) is 0 Å². The maximum atomic E-state index is 11.7. The molecule has 5 heteroatoms. The first-order valence-electron chi connectivity index (χ1n) is 5.02. The molecular formula is C11H19NO4. The fourth-order valence-electron chi connectivity index (χ4n) is 0.984. The Morgan fingerprint density at radius 1 is 1.50 bits per heavy atom. The fourth-order valence-corrected chi connectivity index (χ4v) is 0.984. The van der Waals surface area contributed by atoms with Crippen LogP contribution in [0.3, 0.4) is 0 Å². The highest BCUT2D eigenvalue weighted by molar-refractivity contribution is 5.79. The van der Waals surface area contributed by atoms with E-state index in [0.29, 0.717) is 0 Å². The number of hydrogen-bond donors (Lipinski definition) is 1. The highest BCUT2D eigenvalue weighted by Crippen LogP contribution is 2.12. The van der Waals surface area contributed by atoms with E-state index in [4.69, 9.17) is 9.84 Å². The van der Waals surface area contributed by atoms with E-state index >= 15 is 0 Å². The number of aliphatic carboxylic acids is 1. The van der Waals surface area contributed by atoms with Gasteiger partial charge in [-0.1, -0.05) is 6.08 Å². The molecule has 0 aromatic rings. The van der Waals surface area contributed by atoms with Crippen molar-refractivity contribution < 1.29 is 19.4 Å². The second-order valence-electron chi connectivity index (χ2n) is 4.44. The normalized spacial score (nSPS) is 12.8. The first kappa shape index (κ1) is 14.5. The Bertz CT molecular complexity index is 280. The van der Waals surface area contributed by atoms with Crippen LogP contribution < -0.4 is 0 Å². The molecule has 0 aliphatic rings. The summed E-state index contributed by atoms with van der Waals surface area (Å²) in [4.78, 5) is 23.6. The van der Waals surface area contributed by atoms with Gasteiger partial charge in [0.05, 0.1) is 0 Å². The number of amides is 1. The van der Waals surface area contributed by atoms with Crippen LogP contribution in [0.25, 0.3) is 0 Å². The predicted octanol–water partition coefficient (Wildman–Crippen LogP) is 1.88. The molecule has 1 atom stereocenters. The van der Waals surface area contributed by atoms with Gasteiger partial charge in [0, 0.05) is 6.54 Å². The van der Waals surface area contributed by atoms with Gasteiger partial charge in [-0.05, 0) is 27.7 Å². The van der Waals surface area contributed by atoms with Gasteiger partial charge < -0.3 is 9.84 Å². The first-order valence-corrected chi connectivity index (χ1v) is 5.02. The van der Waals surface area contributed by atoms with Crippen LogP contribution in [0.4, 0.5) is 4.79 Å². The van der Waals surface area contributed by atoms with Crippen molar-refractivity contribution in [3.05, 3.63) is 12.7 Å². The molecule has 0 unspecified atom stereocenters. The Labute approximate surface area is 95.7 Å². The van der Waals surface area contributed by atoms with Crippen LogP contribution in [0.15, 0.2) is 12.7 Å². The van der Waals surface area contributed by atoms with Crippen molar-refractivity contribution in [1.82, 2.24) is 4.90 Å².